The van der Waals surface area contributed by atoms with Gasteiger partial charge in [0.25, 0.3) is 0 Å². The largest absolute Gasteiger partial charge is 0.0733 e. The average molecular weight is 249 g/mol. The van der Waals surface area contributed by atoms with Gasteiger partial charge in [0.15, 0.2) is 0 Å². The van der Waals surface area contributed by atoms with Crippen LogP contribution in [0.4, 0.5) is 0 Å². The zero-order valence-corrected chi connectivity index (χ0v) is 13.1. The van der Waals surface area contributed by atoms with Crippen molar-refractivity contribution >= 4 is 15.9 Å². The molecule has 0 unspecified atom stereocenters. The molecule has 0 heterocycles. The van der Waals surface area contributed by atoms with Crippen LogP contribution in [0.15, 0.2) is 24.3 Å². The summed E-state index contributed by atoms with van der Waals surface area (Å²) in [4.78, 5) is 0. The Morgan fingerprint density at radius 2 is 1.56 bits per heavy atom. The highest BCUT2D eigenvalue weighted by molar-refractivity contribution is 7.31. The van der Waals surface area contributed by atoms with Gasteiger partial charge in [-0.05, 0) is 30.9 Å². The van der Waals surface area contributed by atoms with Crippen LogP contribution in [0.2, 0.25) is 32.2 Å². The molecule has 2 radical (unpaired) electrons. The standard InChI is InChI=1S/C14H24Si2/c1-6-13-7-9-14(10-8-13)11-12-16(4,5)15(2)3/h7-10H,1,6,11-12H2,2-5H3. The zero-order chi connectivity index (χ0) is 12.2. The van der Waals surface area contributed by atoms with E-state index in [-0.39, 0.29) is 8.31 Å². The second-order valence-corrected chi connectivity index (χ2v) is 18.8. The first-order valence-electron chi connectivity index (χ1n) is 6.13. The van der Waals surface area contributed by atoms with E-state index in [1.807, 2.05) is 0 Å². The van der Waals surface area contributed by atoms with E-state index in [2.05, 4.69) is 57.4 Å². The van der Waals surface area contributed by atoms with Gasteiger partial charge in [-0.15, -0.1) is 0 Å². The van der Waals surface area contributed by atoms with Gasteiger partial charge in [0.05, 0.1) is 0 Å². The first kappa shape index (κ1) is 13.7. The molecular weight excluding hydrogens is 224 g/mol. The van der Waals surface area contributed by atoms with Crippen LogP contribution in [0.1, 0.15) is 11.1 Å². The molecule has 0 aromatic heterocycles. The van der Waals surface area contributed by atoms with E-state index in [4.69, 9.17) is 0 Å². The molecule has 0 aliphatic rings. The first-order valence-corrected chi connectivity index (χ1v) is 12.8. The normalized spacial score (nSPS) is 12.1. The maximum absolute atomic E-state index is 3.90. The Morgan fingerprint density at radius 1 is 1.06 bits per heavy atom. The lowest BCUT2D eigenvalue weighted by atomic mass is 10.1. The SMILES string of the molecule is [CH2]Cc1ccc(CC[Si](C)(C)[Si](C)C)cc1. The van der Waals surface area contributed by atoms with Crippen molar-refractivity contribution in [2.75, 3.05) is 0 Å². The fourth-order valence-electron chi connectivity index (χ4n) is 1.58. The van der Waals surface area contributed by atoms with Gasteiger partial charge in [0.1, 0.15) is 0 Å². The molecule has 0 amide bonds. The second-order valence-electron chi connectivity index (χ2n) is 5.45. The zero-order valence-electron chi connectivity index (χ0n) is 11.1. The van der Waals surface area contributed by atoms with Gasteiger partial charge < -0.3 is 0 Å². The lowest BCUT2D eigenvalue weighted by Crippen LogP contribution is -2.41. The maximum atomic E-state index is 3.90. The molecule has 0 aliphatic carbocycles. The third kappa shape index (κ3) is 3.91. The van der Waals surface area contributed by atoms with Gasteiger partial charge in [-0.25, -0.2) is 0 Å². The maximum Gasteiger partial charge on any atom is 0.0387 e. The van der Waals surface area contributed by atoms with Crippen LogP contribution in [-0.4, -0.2) is 15.9 Å². The Labute approximate surface area is 103 Å². The van der Waals surface area contributed by atoms with Gasteiger partial charge in [0.2, 0.25) is 0 Å². The molecule has 0 aliphatic heterocycles. The fourth-order valence-corrected chi connectivity index (χ4v) is 4.87. The van der Waals surface area contributed by atoms with Crippen molar-refractivity contribution in [3.63, 3.8) is 0 Å². The van der Waals surface area contributed by atoms with Gasteiger partial charge >= 0.3 is 0 Å². The molecule has 0 N–H and O–H groups in total. The van der Waals surface area contributed by atoms with E-state index in [9.17, 15) is 0 Å². The minimum Gasteiger partial charge on any atom is -0.0733 e. The van der Waals surface area contributed by atoms with Gasteiger partial charge in [-0.3, -0.25) is 0 Å². The van der Waals surface area contributed by atoms with Gasteiger partial charge in [-0.1, -0.05) is 56.5 Å². The van der Waals surface area contributed by atoms with E-state index < -0.39 is 7.59 Å². The Balaban J connectivity index is 2.54. The molecule has 0 spiro atoms. The van der Waals surface area contributed by atoms with Crippen molar-refractivity contribution in [2.45, 2.75) is 45.1 Å². The Hall–Kier alpha value is -0.346. The van der Waals surface area contributed by atoms with Crippen LogP contribution in [-0.2, 0) is 12.8 Å². The summed E-state index contributed by atoms with van der Waals surface area (Å²) in [5.41, 5.74) is 2.84. The fraction of sp³-hybridized carbons (Fsp3) is 0.500. The van der Waals surface area contributed by atoms with Crippen LogP contribution < -0.4 is 0 Å². The smallest absolute Gasteiger partial charge is 0.0387 e. The second kappa shape index (κ2) is 5.83. The van der Waals surface area contributed by atoms with Crippen LogP contribution >= 0.6 is 0 Å². The van der Waals surface area contributed by atoms with Crippen molar-refractivity contribution in [3.8, 4) is 0 Å². The Kier molecular flexibility index (Phi) is 5.00. The highest BCUT2D eigenvalue weighted by Crippen LogP contribution is 2.17. The minimum atomic E-state index is -0.896. The Morgan fingerprint density at radius 3 is 2.00 bits per heavy atom. The van der Waals surface area contributed by atoms with Gasteiger partial charge in [-0.2, -0.15) is 0 Å². The quantitative estimate of drug-likeness (QED) is 0.687. The van der Waals surface area contributed by atoms with Crippen LogP contribution in [0.5, 0.6) is 0 Å². The molecule has 1 aromatic rings. The summed E-state index contributed by atoms with van der Waals surface area (Å²) >= 11 is 0. The lowest BCUT2D eigenvalue weighted by Gasteiger charge is -2.25. The molecule has 0 nitrogen and oxygen atoms in total. The van der Waals surface area contributed by atoms with Crippen molar-refractivity contribution in [3.05, 3.63) is 42.3 Å². The third-order valence-electron chi connectivity index (χ3n) is 3.70. The third-order valence-corrected chi connectivity index (χ3v) is 16.8. The summed E-state index contributed by atoms with van der Waals surface area (Å²) in [5.74, 6) is 0. The van der Waals surface area contributed by atoms with Crippen molar-refractivity contribution in [1.29, 1.82) is 0 Å². The molecule has 0 saturated heterocycles. The summed E-state index contributed by atoms with van der Waals surface area (Å²) in [7, 11) is -0.960. The summed E-state index contributed by atoms with van der Waals surface area (Å²) < 4.78 is 0. The topological polar surface area (TPSA) is 0 Å². The van der Waals surface area contributed by atoms with E-state index in [0.717, 1.165) is 6.42 Å². The lowest BCUT2D eigenvalue weighted by molar-refractivity contribution is 1.10. The van der Waals surface area contributed by atoms with Gasteiger partial charge in [0, 0.05) is 15.9 Å². The molecule has 0 fully saturated rings. The number of aryl methyl sites for hydroxylation is 1. The number of benzene rings is 1. The molecule has 0 bridgehead atoms. The number of rotatable bonds is 5. The highest BCUT2D eigenvalue weighted by Gasteiger charge is 2.25. The highest BCUT2D eigenvalue weighted by atomic mass is 29.2. The van der Waals surface area contributed by atoms with Crippen molar-refractivity contribution in [1.82, 2.24) is 0 Å². The van der Waals surface area contributed by atoms with E-state index >= 15 is 0 Å². The summed E-state index contributed by atoms with van der Waals surface area (Å²) in [6.07, 6.45) is 2.17. The van der Waals surface area contributed by atoms with Crippen LogP contribution in [0, 0.1) is 6.92 Å². The van der Waals surface area contributed by atoms with Crippen molar-refractivity contribution < 1.29 is 0 Å². The molecular formula is C14H24Si2. The Bertz CT molecular complexity index is 312. The molecule has 16 heavy (non-hydrogen) atoms. The summed E-state index contributed by atoms with van der Waals surface area (Å²) in [5, 5.41) is 0. The monoisotopic (exact) mass is 248 g/mol. The summed E-state index contributed by atoms with van der Waals surface area (Å²) in [6, 6.07) is 10.4. The van der Waals surface area contributed by atoms with Crippen LogP contribution in [0.25, 0.3) is 0 Å². The van der Waals surface area contributed by atoms with Crippen LogP contribution in [0.3, 0.4) is 0 Å². The van der Waals surface area contributed by atoms with Crippen molar-refractivity contribution in [2.24, 2.45) is 0 Å². The minimum absolute atomic E-state index is 0.0641. The molecule has 2 heteroatoms. The number of hydrogen-bond acceptors (Lipinski definition) is 0. The molecule has 0 saturated carbocycles. The number of hydrogen-bond donors (Lipinski definition) is 0. The predicted molar refractivity (Wildman–Crippen MR) is 79.0 cm³/mol. The van der Waals surface area contributed by atoms with E-state index in [1.165, 1.54) is 23.6 Å². The summed E-state index contributed by atoms with van der Waals surface area (Å²) in [6.45, 7) is 13.9. The van der Waals surface area contributed by atoms with E-state index in [1.54, 1.807) is 0 Å². The molecule has 88 valence electrons. The molecule has 0 atom stereocenters. The average Bonchev–Trinajstić information content (AvgIpc) is 2.27. The van der Waals surface area contributed by atoms with E-state index in [0.29, 0.717) is 0 Å². The predicted octanol–water partition coefficient (Wildman–Crippen LogP) is 4.15. The molecule has 1 aromatic carbocycles. The molecule has 1 rings (SSSR count). The first-order chi connectivity index (χ1) is 7.45.